The Bertz CT molecular complexity index is 1340. The molecule has 3 aromatic rings. The molecule has 0 aliphatic rings. The van der Waals surface area contributed by atoms with Crippen LogP contribution in [0.3, 0.4) is 0 Å². The summed E-state index contributed by atoms with van der Waals surface area (Å²) in [5, 5.41) is 2.68. The first-order valence-electron chi connectivity index (χ1n) is 9.51. The van der Waals surface area contributed by atoms with E-state index in [9.17, 15) is 21.6 Å². The Morgan fingerprint density at radius 3 is 2.09 bits per heavy atom. The second kappa shape index (κ2) is 9.01. The molecule has 32 heavy (non-hydrogen) atoms. The van der Waals surface area contributed by atoms with Crippen LogP contribution in [0.2, 0.25) is 0 Å². The van der Waals surface area contributed by atoms with Gasteiger partial charge < -0.3 is 5.32 Å². The van der Waals surface area contributed by atoms with E-state index < -0.39 is 26.0 Å². The second-order valence-corrected chi connectivity index (χ2v) is 10.9. The topological polar surface area (TPSA) is 113 Å². The first kappa shape index (κ1) is 23.3. The number of sulfonamides is 2. The van der Waals surface area contributed by atoms with Crippen molar-refractivity contribution < 1.29 is 21.6 Å². The number of rotatable bonds is 7. The molecule has 3 rings (SSSR count). The van der Waals surface area contributed by atoms with Gasteiger partial charge in [-0.05, 0) is 61.0 Å². The van der Waals surface area contributed by atoms with E-state index in [-0.39, 0.29) is 10.5 Å². The molecule has 0 fully saturated rings. The largest absolute Gasteiger partial charge is 0.322 e. The zero-order valence-corrected chi connectivity index (χ0v) is 19.4. The molecule has 10 heteroatoms. The molecule has 0 atom stereocenters. The summed E-state index contributed by atoms with van der Waals surface area (Å²) in [4.78, 5) is 12.7. The number of amides is 1. The van der Waals surface area contributed by atoms with Crippen molar-refractivity contribution in [1.29, 1.82) is 0 Å². The van der Waals surface area contributed by atoms with Crippen LogP contribution in [0.25, 0.3) is 0 Å². The van der Waals surface area contributed by atoms with Crippen LogP contribution in [-0.2, 0) is 20.0 Å². The normalized spacial score (nSPS) is 11.6. The number of hydrogen-bond donors (Lipinski definition) is 2. The summed E-state index contributed by atoms with van der Waals surface area (Å²) in [7, 11) is -5.79. The fourth-order valence-corrected chi connectivity index (χ4v) is 4.74. The Morgan fingerprint density at radius 1 is 0.875 bits per heavy atom. The lowest BCUT2D eigenvalue weighted by molar-refractivity contribution is 0.102. The van der Waals surface area contributed by atoms with Gasteiger partial charge in [-0.25, -0.2) is 16.8 Å². The number of aryl methyl sites for hydroxylation is 1. The Labute approximate surface area is 188 Å². The van der Waals surface area contributed by atoms with Gasteiger partial charge in [0.2, 0.25) is 10.0 Å². The maximum absolute atomic E-state index is 12.9. The fraction of sp³-hybridized carbons (Fsp3) is 0.136. The van der Waals surface area contributed by atoms with Crippen molar-refractivity contribution in [2.45, 2.75) is 11.8 Å². The van der Waals surface area contributed by atoms with E-state index in [1.807, 2.05) is 0 Å². The van der Waals surface area contributed by atoms with Crippen LogP contribution in [-0.4, -0.2) is 36.0 Å². The van der Waals surface area contributed by atoms with Crippen molar-refractivity contribution in [3.63, 3.8) is 0 Å². The summed E-state index contributed by atoms with van der Waals surface area (Å²) in [5.41, 5.74) is 2.23. The lowest BCUT2D eigenvalue weighted by atomic mass is 10.1. The number of nitrogens with zero attached hydrogens (tertiary/aromatic N) is 1. The lowest BCUT2D eigenvalue weighted by Crippen LogP contribution is -2.26. The minimum atomic E-state index is -3.78. The molecule has 0 spiro atoms. The third-order valence-corrected chi connectivity index (χ3v) is 7.08. The van der Waals surface area contributed by atoms with E-state index in [1.54, 1.807) is 49.4 Å². The van der Waals surface area contributed by atoms with Gasteiger partial charge in [0.1, 0.15) is 0 Å². The molecule has 0 saturated carbocycles. The number of hydrogen-bond acceptors (Lipinski definition) is 5. The van der Waals surface area contributed by atoms with E-state index >= 15 is 0 Å². The molecule has 3 aromatic carbocycles. The number of anilines is 3. The Hall–Kier alpha value is -3.37. The van der Waals surface area contributed by atoms with E-state index in [2.05, 4.69) is 10.0 Å². The maximum Gasteiger partial charge on any atom is 0.264 e. The van der Waals surface area contributed by atoms with Gasteiger partial charge in [-0.2, -0.15) is 0 Å². The number of para-hydroxylation sites is 1. The summed E-state index contributed by atoms with van der Waals surface area (Å²) >= 11 is 0. The Morgan fingerprint density at radius 2 is 1.50 bits per heavy atom. The average Bonchev–Trinajstić information content (AvgIpc) is 2.75. The van der Waals surface area contributed by atoms with Gasteiger partial charge in [0.15, 0.2) is 0 Å². The Balaban J connectivity index is 1.78. The first-order chi connectivity index (χ1) is 15.0. The predicted molar refractivity (Wildman–Crippen MR) is 126 cm³/mol. The van der Waals surface area contributed by atoms with Crippen molar-refractivity contribution in [2.24, 2.45) is 0 Å². The Kier molecular flexibility index (Phi) is 6.56. The van der Waals surface area contributed by atoms with E-state index in [0.29, 0.717) is 22.6 Å². The second-order valence-electron chi connectivity index (χ2n) is 7.19. The van der Waals surface area contributed by atoms with Crippen molar-refractivity contribution in [2.75, 3.05) is 27.6 Å². The summed E-state index contributed by atoms with van der Waals surface area (Å²) in [6.45, 7) is 1.74. The zero-order chi connectivity index (χ0) is 23.5. The molecule has 0 saturated heterocycles. The maximum atomic E-state index is 12.9. The summed E-state index contributed by atoms with van der Waals surface area (Å²) in [6.07, 6.45) is 1.04. The molecule has 1 amide bonds. The van der Waals surface area contributed by atoms with Gasteiger partial charge in [0.25, 0.3) is 15.9 Å². The van der Waals surface area contributed by atoms with E-state index in [0.717, 1.165) is 6.26 Å². The zero-order valence-electron chi connectivity index (χ0n) is 17.7. The van der Waals surface area contributed by atoms with E-state index in [4.69, 9.17) is 0 Å². The number of nitrogens with one attached hydrogen (secondary N) is 2. The fourth-order valence-electron chi connectivity index (χ4n) is 2.93. The van der Waals surface area contributed by atoms with Crippen molar-refractivity contribution in [3.8, 4) is 0 Å². The minimum absolute atomic E-state index is 0.0513. The molecule has 8 nitrogen and oxygen atoms in total. The van der Waals surface area contributed by atoms with Crippen LogP contribution in [0.1, 0.15) is 15.9 Å². The van der Waals surface area contributed by atoms with Gasteiger partial charge in [0, 0.05) is 18.3 Å². The molecule has 168 valence electrons. The number of carbonyl (C=O) groups excluding carboxylic acids is 1. The third kappa shape index (κ3) is 5.45. The van der Waals surface area contributed by atoms with Gasteiger partial charge in [-0.3, -0.25) is 13.8 Å². The van der Waals surface area contributed by atoms with Crippen LogP contribution in [0.4, 0.5) is 17.1 Å². The highest BCUT2D eigenvalue weighted by atomic mass is 32.2. The average molecular weight is 474 g/mol. The lowest BCUT2D eigenvalue weighted by Gasteiger charge is -2.19. The molecular weight excluding hydrogens is 450 g/mol. The number of carbonyl (C=O) groups is 1. The van der Waals surface area contributed by atoms with Gasteiger partial charge >= 0.3 is 0 Å². The van der Waals surface area contributed by atoms with Crippen molar-refractivity contribution in [1.82, 2.24) is 0 Å². The van der Waals surface area contributed by atoms with E-state index in [1.165, 1.54) is 41.7 Å². The summed E-state index contributed by atoms with van der Waals surface area (Å²) in [6, 6.07) is 19.1. The molecule has 0 heterocycles. The minimum Gasteiger partial charge on any atom is -0.322 e. The van der Waals surface area contributed by atoms with Crippen molar-refractivity contribution >= 4 is 43.0 Å². The highest BCUT2D eigenvalue weighted by Gasteiger charge is 2.21. The highest BCUT2D eigenvalue weighted by molar-refractivity contribution is 7.92. The molecular formula is C22H23N3O5S2. The van der Waals surface area contributed by atoms with Crippen molar-refractivity contribution in [3.05, 3.63) is 83.9 Å². The molecule has 0 bridgehead atoms. The smallest absolute Gasteiger partial charge is 0.264 e. The first-order valence-corrected chi connectivity index (χ1v) is 12.8. The predicted octanol–water partition coefficient (Wildman–Crippen LogP) is 3.44. The molecule has 0 aliphatic heterocycles. The molecule has 2 N–H and O–H groups in total. The summed E-state index contributed by atoms with van der Waals surface area (Å²) in [5.74, 6) is -0.459. The van der Waals surface area contributed by atoms with Crippen LogP contribution in [0, 0.1) is 6.92 Å². The van der Waals surface area contributed by atoms with Crippen LogP contribution in [0.5, 0.6) is 0 Å². The van der Waals surface area contributed by atoms with Gasteiger partial charge in [0.05, 0.1) is 22.5 Å². The third-order valence-electron chi connectivity index (χ3n) is 4.69. The van der Waals surface area contributed by atoms with Gasteiger partial charge in [-0.1, -0.05) is 24.3 Å². The van der Waals surface area contributed by atoms with Crippen LogP contribution in [0.15, 0.2) is 77.7 Å². The monoisotopic (exact) mass is 473 g/mol. The van der Waals surface area contributed by atoms with Gasteiger partial charge in [-0.15, -0.1) is 0 Å². The van der Waals surface area contributed by atoms with Crippen LogP contribution < -0.4 is 14.3 Å². The molecule has 0 aliphatic carbocycles. The highest BCUT2D eigenvalue weighted by Crippen LogP contribution is 2.24. The quantitative estimate of drug-likeness (QED) is 0.546. The summed E-state index contributed by atoms with van der Waals surface area (Å²) < 4.78 is 52.3. The standard InChI is InChI=1S/C22H23N3O5S2/c1-16-9-12-18(15-21(16)24-31(3,27)28)23-22(26)17-10-13-20(14-11-17)32(29,30)25(2)19-7-5-4-6-8-19/h4-15,24H,1-3H3,(H,23,26). The SMILES string of the molecule is Cc1ccc(NC(=O)c2ccc(S(=O)(=O)N(C)c3ccccc3)cc2)cc1NS(C)(=O)=O. The number of benzene rings is 3. The molecule has 0 radical (unpaired) electrons. The molecule has 0 aromatic heterocycles. The van der Waals surface area contributed by atoms with Crippen LogP contribution >= 0.6 is 0 Å². The molecule has 0 unspecified atom stereocenters.